The third-order valence-electron chi connectivity index (χ3n) is 14.2. The van der Waals surface area contributed by atoms with Crippen molar-refractivity contribution in [1.82, 2.24) is 0 Å². The van der Waals surface area contributed by atoms with Crippen LogP contribution in [-0.4, -0.2) is 36.4 Å². The standard InChI is InChI=1S/C63H120O5/c1-3-5-7-9-11-13-15-17-18-19-20-21-22-23-24-25-26-27-28-29-30-31-32-33-34-35-36-37-38-39-40-41-42-43-44-46-48-50-52-54-56-58-63(66)68-61(59-64)60-67-62(65)57-55-53-51-49-47-45-16-14-12-10-8-6-4-2/h15,17,19-20,61,64H,3-14,16,18,21-60H2,1-2H3/b17-15-,20-19-. The third kappa shape index (κ3) is 57.0. The van der Waals surface area contributed by atoms with Crippen molar-refractivity contribution in [3.63, 3.8) is 0 Å². The second-order valence-corrected chi connectivity index (χ2v) is 21.1. The summed E-state index contributed by atoms with van der Waals surface area (Å²) in [6, 6.07) is 0. The van der Waals surface area contributed by atoms with Crippen LogP contribution in [0.4, 0.5) is 0 Å². The highest BCUT2D eigenvalue weighted by Crippen LogP contribution is 2.18. The van der Waals surface area contributed by atoms with Crippen molar-refractivity contribution in [2.45, 2.75) is 354 Å². The molecule has 0 aliphatic heterocycles. The summed E-state index contributed by atoms with van der Waals surface area (Å²) in [6.07, 6.45) is 76.3. The molecule has 0 radical (unpaired) electrons. The first-order valence-electron chi connectivity index (χ1n) is 30.9. The Morgan fingerprint density at radius 1 is 0.338 bits per heavy atom. The predicted octanol–water partition coefficient (Wildman–Crippen LogP) is 20.9. The van der Waals surface area contributed by atoms with E-state index in [1.165, 1.54) is 283 Å². The van der Waals surface area contributed by atoms with E-state index < -0.39 is 6.10 Å². The molecule has 0 heterocycles. The lowest BCUT2D eigenvalue weighted by Gasteiger charge is -2.15. The molecule has 0 aliphatic rings. The summed E-state index contributed by atoms with van der Waals surface area (Å²) in [7, 11) is 0. The molecule has 0 aromatic heterocycles. The van der Waals surface area contributed by atoms with Gasteiger partial charge in [0.25, 0.3) is 0 Å². The van der Waals surface area contributed by atoms with Crippen molar-refractivity contribution in [3.05, 3.63) is 24.3 Å². The molecule has 68 heavy (non-hydrogen) atoms. The molecule has 1 unspecified atom stereocenters. The van der Waals surface area contributed by atoms with Crippen molar-refractivity contribution in [1.29, 1.82) is 0 Å². The quantitative estimate of drug-likeness (QED) is 0.0374. The van der Waals surface area contributed by atoms with Crippen LogP contribution in [0.15, 0.2) is 24.3 Å². The fourth-order valence-electron chi connectivity index (χ4n) is 9.59. The lowest BCUT2D eigenvalue weighted by molar-refractivity contribution is -0.161. The second kappa shape index (κ2) is 59.7. The van der Waals surface area contributed by atoms with E-state index in [0.717, 1.165) is 38.5 Å². The van der Waals surface area contributed by atoms with Crippen LogP contribution in [0.2, 0.25) is 0 Å². The lowest BCUT2D eigenvalue weighted by Crippen LogP contribution is -2.28. The minimum Gasteiger partial charge on any atom is -0.462 e. The highest BCUT2D eigenvalue weighted by Gasteiger charge is 2.16. The average Bonchev–Trinajstić information content (AvgIpc) is 3.34. The molecule has 0 aliphatic carbocycles. The van der Waals surface area contributed by atoms with Crippen molar-refractivity contribution in [3.8, 4) is 0 Å². The number of aliphatic hydroxyl groups is 1. The monoisotopic (exact) mass is 957 g/mol. The summed E-state index contributed by atoms with van der Waals surface area (Å²) >= 11 is 0. The predicted molar refractivity (Wildman–Crippen MR) is 298 cm³/mol. The number of rotatable bonds is 58. The molecule has 0 saturated heterocycles. The molecule has 1 atom stereocenters. The molecule has 0 spiro atoms. The Balaban J connectivity index is 3.33. The Kier molecular flexibility index (Phi) is 58.3. The Labute approximate surface area is 425 Å². The molecule has 5 nitrogen and oxygen atoms in total. The Bertz CT molecular complexity index is 1040. The smallest absolute Gasteiger partial charge is 0.306 e. The number of hydrogen-bond acceptors (Lipinski definition) is 5. The number of esters is 2. The molecular weight excluding hydrogens is 837 g/mol. The van der Waals surface area contributed by atoms with Crippen LogP contribution in [0, 0.1) is 0 Å². The van der Waals surface area contributed by atoms with E-state index in [9.17, 15) is 14.7 Å². The minimum atomic E-state index is -0.765. The minimum absolute atomic E-state index is 0.0577. The summed E-state index contributed by atoms with van der Waals surface area (Å²) in [6.45, 7) is 4.17. The summed E-state index contributed by atoms with van der Waals surface area (Å²) in [5.74, 6) is -0.569. The maximum Gasteiger partial charge on any atom is 0.306 e. The van der Waals surface area contributed by atoms with Gasteiger partial charge >= 0.3 is 11.9 Å². The van der Waals surface area contributed by atoms with E-state index in [2.05, 4.69) is 38.2 Å². The van der Waals surface area contributed by atoms with Gasteiger partial charge in [-0.1, -0.05) is 314 Å². The van der Waals surface area contributed by atoms with Crippen LogP contribution in [0.25, 0.3) is 0 Å². The van der Waals surface area contributed by atoms with Gasteiger partial charge in [0.2, 0.25) is 0 Å². The van der Waals surface area contributed by atoms with Gasteiger partial charge < -0.3 is 14.6 Å². The van der Waals surface area contributed by atoms with Crippen molar-refractivity contribution in [2.24, 2.45) is 0 Å². The van der Waals surface area contributed by atoms with E-state index in [1.807, 2.05) is 0 Å². The second-order valence-electron chi connectivity index (χ2n) is 21.1. The van der Waals surface area contributed by atoms with Gasteiger partial charge in [0.05, 0.1) is 6.61 Å². The number of allylic oxidation sites excluding steroid dienone is 4. The van der Waals surface area contributed by atoms with Gasteiger partial charge in [0.1, 0.15) is 6.61 Å². The first-order chi connectivity index (χ1) is 33.6. The maximum absolute atomic E-state index is 12.3. The highest BCUT2D eigenvalue weighted by atomic mass is 16.6. The van der Waals surface area contributed by atoms with Crippen LogP contribution < -0.4 is 0 Å². The normalized spacial score (nSPS) is 12.2. The topological polar surface area (TPSA) is 72.8 Å². The first-order valence-corrected chi connectivity index (χ1v) is 30.9. The zero-order valence-corrected chi connectivity index (χ0v) is 46.2. The Hall–Kier alpha value is -1.62. The molecule has 0 aromatic carbocycles. The van der Waals surface area contributed by atoms with Gasteiger partial charge in [-0.05, 0) is 44.9 Å². The summed E-state index contributed by atoms with van der Waals surface area (Å²) in [4.78, 5) is 24.4. The molecule has 402 valence electrons. The summed E-state index contributed by atoms with van der Waals surface area (Å²) in [5.41, 5.74) is 0. The molecule has 0 amide bonds. The number of carbonyl (C=O) groups is 2. The fourth-order valence-corrected chi connectivity index (χ4v) is 9.59. The number of carbonyl (C=O) groups excluding carboxylic acids is 2. The molecule has 0 fully saturated rings. The molecule has 0 bridgehead atoms. The fraction of sp³-hybridized carbons (Fsp3) is 0.905. The first kappa shape index (κ1) is 66.4. The number of hydrogen-bond donors (Lipinski definition) is 1. The number of ether oxygens (including phenoxy) is 2. The summed E-state index contributed by atoms with van der Waals surface area (Å²) in [5, 5.41) is 9.63. The molecule has 0 aromatic rings. The van der Waals surface area contributed by atoms with Crippen LogP contribution >= 0.6 is 0 Å². The molecule has 0 rings (SSSR count). The Morgan fingerprint density at radius 3 is 0.868 bits per heavy atom. The number of aliphatic hydroxyl groups excluding tert-OH is 1. The SMILES string of the molecule is CCCCCCC/C=C\C/C=C\CCCCCCCCCCCCCCCCCCCCCCCCCCCCCCCC(=O)OC(CO)COC(=O)CCCCCCCCCCCCCCC. The molecular formula is C63H120O5. The van der Waals surface area contributed by atoms with E-state index in [4.69, 9.17) is 9.47 Å². The lowest BCUT2D eigenvalue weighted by atomic mass is 10.0. The van der Waals surface area contributed by atoms with Crippen LogP contribution in [0.3, 0.4) is 0 Å². The van der Waals surface area contributed by atoms with Gasteiger partial charge in [-0.15, -0.1) is 0 Å². The van der Waals surface area contributed by atoms with Gasteiger partial charge in [0.15, 0.2) is 6.10 Å². The van der Waals surface area contributed by atoms with Crippen molar-refractivity contribution < 1.29 is 24.2 Å². The van der Waals surface area contributed by atoms with E-state index >= 15 is 0 Å². The van der Waals surface area contributed by atoms with Crippen LogP contribution in [-0.2, 0) is 19.1 Å². The third-order valence-corrected chi connectivity index (χ3v) is 14.2. The van der Waals surface area contributed by atoms with Crippen molar-refractivity contribution >= 4 is 11.9 Å². The Morgan fingerprint density at radius 2 is 0.588 bits per heavy atom. The maximum atomic E-state index is 12.3. The summed E-state index contributed by atoms with van der Waals surface area (Å²) < 4.78 is 10.7. The van der Waals surface area contributed by atoms with Gasteiger partial charge in [-0.2, -0.15) is 0 Å². The number of unbranched alkanes of at least 4 members (excludes halogenated alkanes) is 46. The van der Waals surface area contributed by atoms with E-state index in [1.54, 1.807) is 0 Å². The largest absolute Gasteiger partial charge is 0.462 e. The van der Waals surface area contributed by atoms with Crippen molar-refractivity contribution in [2.75, 3.05) is 13.2 Å². The van der Waals surface area contributed by atoms with Gasteiger partial charge in [0, 0.05) is 12.8 Å². The van der Waals surface area contributed by atoms with E-state index in [0.29, 0.717) is 12.8 Å². The molecule has 5 heteroatoms. The van der Waals surface area contributed by atoms with Crippen LogP contribution in [0.5, 0.6) is 0 Å². The molecule has 0 saturated carbocycles. The van der Waals surface area contributed by atoms with Crippen LogP contribution in [0.1, 0.15) is 348 Å². The molecule has 1 N–H and O–H groups in total. The van der Waals surface area contributed by atoms with Gasteiger partial charge in [-0.3, -0.25) is 9.59 Å². The zero-order valence-electron chi connectivity index (χ0n) is 46.2. The van der Waals surface area contributed by atoms with Gasteiger partial charge in [-0.25, -0.2) is 0 Å². The van der Waals surface area contributed by atoms with E-state index in [-0.39, 0.29) is 25.2 Å². The zero-order chi connectivity index (χ0) is 49.2. The average molecular weight is 958 g/mol. The highest BCUT2D eigenvalue weighted by molar-refractivity contribution is 5.70.